The van der Waals surface area contributed by atoms with Crippen molar-refractivity contribution in [3.05, 3.63) is 0 Å². The molecule has 1 fully saturated rings. The van der Waals surface area contributed by atoms with Gasteiger partial charge in [0.15, 0.2) is 0 Å². The van der Waals surface area contributed by atoms with Gasteiger partial charge in [0.2, 0.25) is 0 Å². The third kappa shape index (κ3) is 3.56. The molecule has 3 nitrogen and oxygen atoms in total. The summed E-state index contributed by atoms with van der Waals surface area (Å²) in [5.74, 6) is 0. The quantitative estimate of drug-likeness (QED) is 0.725. The Balaban J connectivity index is 2.38. The van der Waals surface area contributed by atoms with Gasteiger partial charge in [-0.05, 0) is 40.4 Å². The molecule has 1 rings (SSSR count). The molecule has 1 saturated heterocycles. The molecule has 0 aromatic carbocycles. The number of hydrogen-bond acceptors (Lipinski definition) is 3. The van der Waals surface area contributed by atoms with E-state index in [1.165, 1.54) is 32.4 Å². The van der Waals surface area contributed by atoms with E-state index < -0.39 is 0 Å². The van der Waals surface area contributed by atoms with Crippen LogP contribution in [0.5, 0.6) is 0 Å². The average Bonchev–Trinajstić information content (AvgIpc) is 2.15. The van der Waals surface area contributed by atoms with Crippen LogP contribution in [0.3, 0.4) is 0 Å². The molecule has 1 aliphatic rings. The van der Waals surface area contributed by atoms with Gasteiger partial charge in [0.1, 0.15) is 0 Å². The molecule has 84 valence electrons. The van der Waals surface area contributed by atoms with Crippen molar-refractivity contribution < 1.29 is 0 Å². The third-order valence-corrected chi connectivity index (χ3v) is 3.11. The summed E-state index contributed by atoms with van der Waals surface area (Å²) in [6.45, 7) is 5.68. The van der Waals surface area contributed by atoms with Crippen LogP contribution >= 0.6 is 0 Å². The highest BCUT2D eigenvalue weighted by Gasteiger charge is 2.24. The molecule has 0 aromatic heterocycles. The molecule has 1 aliphatic heterocycles. The van der Waals surface area contributed by atoms with Gasteiger partial charge in [-0.25, -0.2) is 0 Å². The molecule has 0 radical (unpaired) electrons. The van der Waals surface area contributed by atoms with Crippen LogP contribution in [0.25, 0.3) is 0 Å². The van der Waals surface area contributed by atoms with E-state index in [9.17, 15) is 0 Å². The highest BCUT2D eigenvalue weighted by Crippen LogP contribution is 2.18. The van der Waals surface area contributed by atoms with E-state index in [2.05, 4.69) is 30.8 Å². The lowest BCUT2D eigenvalue weighted by Gasteiger charge is -2.38. The predicted molar refractivity (Wildman–Crippen MR) is 61.4 cm³/mol. The Labute approximate surface area is 88.2 Å². The van der Waals surface area contributed by atoms with E-state index in [1.807, 2.05) is 0 Å². The van der Waals surface area contributed by atoms with Gasteiger partial charge in [-0.2, -0.15) is 0 Å². The minimum absolute atomic E-state index is 0.317. The SMILES string of the molecule is CC(N)C1CCCCN1CCN(C)C. The summed E-state index contributed by atoms with van der Waals surface area (Å²) in [6.07, 6.45) is 3.98. The molecule has 0 bridgehead atoms. The first-order valence-electron chi connectivity index (χ1n) is 5.75. The molecular weight excluding hydrogens is 174 g/mol. The molecule has 0 saturated carbocycles. The van der Waals surface area contributed by atoms with E-state index in [1.54, 1.807) is 0 Å². The van der Waals surface area contributed by atoms with Crippen molar-refractivity contribution in [3.8, 4) is 0 Å². The van der Waals surface area contributed by atoms with E-state index in [0.29, 0.717) is 12.1 Å². The number of piperidine rings is 1. The number of likely N-dealkylation sites (tertiary alicyclic amines) is 1. The fourth-order valence-corrected chi connectivity index (χ4v) is 2.22. The molecule has 0 spiro atoms. The van der Waals surface area contributed by atoms with Gasteiger partial charge in [0.25, 0.3) is 0 Å². The molecule has 14 heavy (non-hydrogen) atoms. The van der Waals surface area contributed by atoms with Crippen molar-refractivity contribution in [2.24, 2.45) is 5.73 Å². The lowest BCUT2D eigenvalue weighted by Crippen LogP contribution is -2.50. The Kier molecular flexibility index (Phi) is 4.85. The molecule has 0 amide bonds. The molecule has 2 atom stereocenters. The largest absolute Gasteiger partial charge is 0.327 e. The lowest BCUT2D eigenvalue weighted by molar-refractivity contribution is 0.121. The lowest BCUT2D eigenvalue weighted by atomic mass is 9.97. The number of nitrogens with two attached hydrogens (primary N) is 1. The van der Waals surface area contributed by atoms with E-state index in [0.717, 1.165) is 6.54 Å². The highest BCUT2D eigenvalue weighted by molar-refractivity contribution is 4.83. The maximum Gasteiger partial charge on any atom is 0.0245 e. The highest BCUT2D eigenvalue weighted by atomic mass is 15.2. The van der Waals surface area contributed by atoms with Gasteiger partial charge in [-0.15, -0.1) is 0 Å². The first kappa shape index (κ1) is 12.0. The van der Waals surface area contributed by atoms with Crippen molar-refractivity contribution in [3.63, 3.8) is 0 Å². The standard InChI is InChI=1S/C11H25N3/c1-10(12)11-6-4-5-7-14(11)9-8-13(2)3/h10-11H,4-9,12H2,1-3H3. The summed E-state index contributed by atoms with van der Waals surface area (Å²) in [5, 5.41) is 0. The first-order chi connectivity index (χ1) is 6.61. The molecule has 0 aromatic rings. The Hall–Kier alpha value is -0.120. The Morgan fingerprint density at radius 2 is 2.14 bits per heavy atom. The summed E-state index contributed by atoms with van der Waals surface area (Å²) in [7, 11) is 4.26. The van der Waals surface area contributed by atoms with Crippen molar-refractivity contribution in [2.75, 3.05) is 33.7 Å². The topological polar surface area (TPSA) is 32.5 Å². The van der Waals surface area contributed by atoms with E-state index in [4.69, 9.17) is 5.73 Å². The van der Waals surface area contributed by atoms with Crippen molar-refractivity contribution in [1.29, 1.82) is 0 Å². The van der Waals surface area contributed by atoms with Crippen LogP contribution < -0.4 is 5.73 Å². The normalized spacial score (nSPS) is 26.8. The third-order valence-electron chi connectivity index (χ3n) is 3.11. The number of hydrogen-bond donors (Lipinski definition) is 1. The van der Waals surface area contributed by atoms with Crippen LogP contribution in [0.2, 0.25) is 0 Å². The first-order valence-corrected chi connectivity index (χ1v) is 5.75. The minimum atomic E-state index is 0.317. The molecule has 1 heterocycles. The number of rotatable bonds is 4. The molecule has 2 N–H and O–H groups in total. The van der Waals surface area contributed by atoms with E-state index >= 15 is 0 Å². The average molecular weight is 199 g/mol. The van der Waals surface area contributed by atoms with Gasteiger partial charge in [0.05, 0.1) is 0 Å². The molecule has 2 unspecified atom stereocenters. The fourth-order valence-electron chi connectivity index (χ4n) is 2.22. The van der Waals surface area contributed by atoms with Gasteiger partial charge >= 0.3 is 0 Å². The van der Waals surface area contributed by atoms with Crippen LogP contribution in [0.4, 0.5) is 0 Å². The van der Waals surface area contributed by atoms with Gasteiger partial charge in [-0.1, -0.05) is 6.42 Å². The number of likely N-dealkylation sites (N-methyl/N-ethyl adjacent to an activating group) is 1. The monoisotopic (exact) mass is 199 g/mol. The second-order valence-corrected chi connectivity index (χ2v) is 4.76. The maximum absolute atomic E-state index is 6.01. The second kappa shape index (κ2) is 5.69. The Morgan fingerprint density at radius 3 is 2.71 bits per heavy atom. The predicted octanol–water partition coefficient (Wildman–Crippen LogP) is 0.750. The van der Waals surface area contributed by atoms with E-state index in [-0.39, 0.29) is 0 Å². The van der Waals surface area contributed by atoms with Gasteiger partial charge in [-0.3, -0.25) is 4.90 Å². The summed E-state index contributed by atoms with van der Waals surface area (Å²) in [5.41, 5.74) is 6.01. The van der Waals surface area contributed by atoms with Crippen molar-refractivity contribution in [2.45, 2.75) is 38.3 Å². The van der Waals surface area contributed by atoms with Crippen molar-refractivity contribution in [1.82, 2.24) is 9.80 Å². The van der Waals surface area contributed by atoms with Crippen LogP contribution in [-0.4, -0.2) is 55.6 Å². The van der Waals surface area contributed by atoms with Crippen LogP contribution in [-0.2, 0) is 0 Å². The maximum atomic E-state index is 6.01. The summed E-state index contributed by atoms with van der Waals surface area (Å²) < 4.78 is 0. The second-order valence-electron chi connectivity index (χ2n) is 4.76. The summed E-state index contributed by atoms with van der Waals surface area (Å²) in [4.78, 5) is 4.81. The van der Waals surface area contributed by atoms with Crippen LogP contribution in [0.15, 0.2) is 0 Å². The fraction of sp³-hybridized carbons (Fsp3) is 1.00. The zero-order chi connectivity index (χ0) is 10.6. The molecule has 3 heteroatoms. The summed E-state index contributed by atoms with van der Waals surface area (Å²) in [6, 6.07) is 0.932. The smallest absolute Gasteiger partial charge is 0.0245 e. The Morgan fingerprint density at radius 1 is 1.43 bits per heavy atom. The zero-order valence-corrected chi connectivity index (χ0v) is 9.87. The minimum Gasteiger partial charge on any atom is -0.327 e. The molecule has 0 aliphatic carbocycles. The molecular formula is C11H25N3. The van der Waals surface area contributed by atoms with Crippen LogP contribution in [0, 0.1) is 0 Å². The Bertz CT molecular complexity index is 157. The number of nitrogens with zero attached hydrogens (tertiary/aromatic N) is 2. The zero-order valence-electron chi connectivity index (χ0n) is 9.87. The van der Waals surface area contributed by atoms with Gasteiger partial charge in [0, 0.05) is 25.2 Å². The van der Waals surface area contributed by atoms with Gasteiger partial charge < -0.3 is 10.6 Å². The van der Waals surface area contributed by atoms with Crippen molar-refractivity contribution >= 4 is 0 Å². The summed E-state index contributed by atoms with van der Waals surface area (Å²) >= 11 is 0. The van der Waals surface area contributed by atoms with Crippen LogP contribution in [0.1, 0.15) is 26.2 Å².